The molecule has 2 aromatic rings. The summed E-state index contributed by atoms with van der Waals surface area (Å²) in [5.41, 5.74) is 0.216. The first-order valence-electron chi connectivity index (χ1n) is 9.26. The summed E-state index contributed by atoms with van der Waals surface area (Å²) >= 11 is 0. The molecule has 1 amide bonds. The van der Waals surface area contributed by atoms with Gasteiger partial charge < -0.3 is 30.0 Å². The third-order valence-corrected chi connectivity index (χ3v) is 4.42. The lowest BCUT2D eigenvalue weighted by Crippen LogP contribution is -2.31. The number of aromatic amines is 1. The van der Waals surface area contributed by atoms with Crippen LogP contribution in [-0.4, -0.2) is 63.7 Å². The first-order chi connectivity index (χ1) is 14.1. The number of nitrogens with one attached hydrogen (secondary N) is 3. The van der Waals surface area contributed by atoms with Gasteiger partial charge in [0.25, 0.3) is 0 Å². The Labute approximate surface area is 164 Å². The predicted octanol–water partition coefficient (Wildman–Crippen LogP) is -0.808. The van der Waals surface area contributed by atoms with Crippen LogP contribution in [-0.2, 0) is 20.5 Å². The molecule has 0 aromatic carbocycles. The monoisotopic (exact) mass is 412 g/mol. The fourth-order valence-electron chi connectivity index (χ4n) is 2.86. The number of aliphatic hydroxyl groups is 1. The molecule has 0 saturated carbocycles. The molecule has 152 valence electrons. The van der Waals surface area contributed by atoms with Crippen LogP contribution >= 0.6 is 9.41 Å². The van der Waals surface area contributed by atoms with E-state index in [1.807, 2.05) is 0 Å². The van der Waals surface area contributed by atoms with E-state index in [-0.39, 0.29) is 25.4 Å². The number of ether oxygens (including phenoxy) is 1. The van der Waals surface area contributed by atoms with Crippen molar-refractivity contribution in [2.24, 2.45) is 0 Å². The van der Waals surface area contributed by atoms with Crippen molar-refractivity contribution in [2.45, 2.75) is 31.3 Å². The highest BCUT2D eigenvalue weighted by Crippen LogP contribution is 2.28. The van der Waals surface area contributed by atoms with Crippen LogP contribution in [0.1, 0.15) is 18.3 Å². The van der Waals surface area contributed by atoms with Crippen LogP contribution in [0.25, 0.3) is 0 Å². The molecule has 28 heavy (non-hydrogen) atoms. The number of nitrogens with zero attached hydrogens (tertiary/aromatic N) is 3. The van der Waals surface area contributed by atoms with Crippen LogP contribution in [0.3, 0.4) is 0 Å². The molecule has 12 heteroatoms. The van der Waals surface area contributed by atoms with Gasteiger partial charge in [0.2, 0.25) is 5.91 Å². The van der Waals surface area contributed by atoms with E-state index in [2.05, 4.69) is 25.6 Å². The van der Waals surface area contributed by atoms with Gasteiger partial charge in [0.15, 0.2) is 0 Å². The van der Waals surface area contributed by atoms with Crippen LogP contribution in [0.2, 0.25) is 0 Å². The van der Waals surface area contributed by atoms with Crippen LogP contribution in [0.5, 0.6) is 0 Å². The number of rotatable bonds is 10. The molecule has 4 atom stereocenters. The van der Waals surface area contributed by atoms with E-state index in [0.717, 1.165) is 5.69 Å². The zero-order chi connectivity index (χ0) is 20.6. The lowest BCUT2D eigenvalue weighted by molar-refractivity contribution is -0.120. The highest BCUT2D eigenvalue weighted by atomic mass is 31.0. The highest BCUT2D eigenvalue weighted by molar-refractivity contribution is 7.09. The van der Waals surface area contributed by atoms with Crippen LogP contribution in [0, 0.1) is 0 Å². The average molecular weight is 412 g/mol. The summed E-state index contributed by atoms with van der Waals surface area (Å²) in [5.74, 6) is 0.240. The number of aliphatic hydroxyl groups excluding tert-OH is 1. The average Bonchev–Trinajstić information content (AvgIpc) is 3.33. The van der Waals surface area contributed by atoms with E-state index in [4.69, 9.17) is 10.5 Å². The standard InChI is InChI=1S/C16H23N6O5P/c23-11-6-15(27-12(11)8-26-28)22-4-1-13(21-16(22)25)18-2-3-19-14(24)5-10-7-17-9-20-10/h1,4,7,9,11-12,15,23H,2-3,5-6,8,28H2,(H,17,20)(H,19,24)(H,18,21,25)/i28T. The van der Waals surface area contributed by atoms with E-state index < -0.39 is 33.5 Å². The van der Waals surface area contributed by atoms with Crippen molar-refractivity contribution in [2.75, 3.05) is 25.0 Å². The van der Waals surface area contributed by atoms with Crippen molar-refractivity contribution in [3.63, 3.8) is 0 Å². The zero-order valence-electron chi connectivity index (χ0n) is 16.0. The maximum Gasteiger partial charge on any atom is 0.351 e. The quantitative estimate of drug-likeness (QED) is 0.293. The smallest absolute Gasteiger partial charge is 0.351 e. The Hall–Kier alpha value is -2.33. The summed E-state index contributed by atoms with van der Waals surface area (Å²) in [6.45, 7) is 0.874. The number of hydrogen-bond donors (Lipinski definition) is 4. The number of H-pyrrole nitrogens is 1. The van der Waals surface area contributed by atoms with E-state index in [1.54, 1.807) is 18.5 Å². The van der Waals surface area contributed by atoms with Crippen molar-refractivity contribution < 1.29 is 19.2 Å². The fraction of sp³-hybridized carbons (Fsp3) is 0.500. The molecule has 1 aliphatic heterocycles. The van der Waals surface area contributed by atoms with Gasteiger partial charge in [-0.2, -0.15) is 4.98 Å². The van der Waals surface area contributed by atoms with Gasteiger partial charge in [0.05, 0.1) is 26.7 Å². The molecule has 0 radical (unpaired) electrons. The molecular weight excluding hydrogens is 387 g/mol. The maximum atomic E-state index is 12.3. The number of aromatic nitrogens is 4. The molecule has 4 unspecified atom stereocenters. The molecule has 0 bridgehead atoms. The SMILES string of the molecule is [3H]POCC1OC(n2ccc(NCCNC(=O)Cc3cnc[nH]3)nc2=O)CC1O. The third-order valence-electron chi connectivity index (χ3n) is 4.25. The second-order valence-electron chi connectivity index (χ2n) is 6.28. The number of imidazole rings is 1. The van der Waals surface area contributed by atoms with Gasteiger partial charge in [-0.25, -0.2) is 9.78 Å². The van der Waals surface area contributed by atoms with E-state index in [9.17, 15) is 14.7 Å². The number of carbonyl (C=O) groups excluding carboxylic acids is 1. The summed E-state index contributed by atoms with van der Waals surface area (Å²) in [7, 11) is -0.441. The van der Waals surface area contributed by atoms with Gasteiger partial charge in [-0.15, -0.1) is 0 Å². The predicted molar refractivity (Wildman–Crippen MR) is 102 cm³/mol. The summed E-state index contributed by atoms with van der Waals surface area (Å²) < 4.78 is 18.9. The third kappa shape index (κ3) is 5.35. The maximum absolute atomic E-state index is 12.3. The van der Waals surface area contributed by atoms with E-state index >= 15 is 0 Å². The van der Waals surface area contributed by atoms with Crippen LogP contribution in [0.4, 0.5) is 5.82 Å². The minimum absolute atomic E-state index is 0.105. The van der Waals surface area contributed by atoms with Crippen molar-refractivity contribution in [3.8, 4) is 0 Å². The molecule has 11 nitrogen and oxygen atoms in total. The second kappa shape index (κ2) is 9.74. The number of anilines is 1. The zero-order valence-corrected chi connectivity index (χ0v) is 16.0. The van der Waals surface area contributed by atoms with Gasteiger partial charge in [0, 0.05) is 47.0 Å². The lowest BCUT2D eigenvalue weighted by atomic mass is 10.2. The minimum atomic E-state index is -0.772. The fourth-order valence-corrected chi connectivity index (χ4v) is 3.02. The highest BCUT2D eigenvalue weighted by Gasteiger charge is 2.35. The van der Waals surface area contributed by atoms with Crippen LogP contribution < -0.4 is 16.3 Å². The molecule has 4 N–H and O–H groups in total. The van der Waals surface area contributed by atoms with Crippen molar-refractivity contribution in [1.82, 2.24) is 24.8 Å². The van der Waals surface area contributed by atoms with Crippen molar-refractivity contribution in [1.29, 1.82) is 1.28 Å². The number of carbonyl (C=O) groups is 1. The molecular formula is C16H23N6O5P. The topological polar surface area (TPSA) is 143 Å². The Kier molecular flexibility index (Phi) is 6.61. The van der Waals surface area contributed by atoms with Crippen molar-refractivity contribution in [3.05, 3.63) is 41.0 Å². The summed E-state index contributed by atoms with van der Waals surface area (Å²) in [4.78, 5) is 34.7. The summed E-state index contributed by atoms with van der Waals surface area (Å²) in [6, 6.07) is 1.62. The van der Waals surface area contributed by atoms with Gasteiger partial charge >= 0.3 is 5.69 Å². The second-order valence-corrected chi connectivity index (χ2v) is 6.56. The first-order valence-corrected chi connectivity index (χ1v) is 9.16. The van der Waals surface area contributed by atoms with Gasteiger partial charge in [-0.1, -0.05) is 0 Å². The normalized spacial score (nSPS) is 22.5. The molecule has 3 heterocycles. The summed E-state index contributed by atoms with van der Waals surface area (Å²) in [6.07, 6.45) is 3.13. The van der Waals surface area contributed by atoms with Gasteiger partial charge in [0.1, 0.15) is 18.1 Å². The molecule has 3 rings (SSSR count). The van der Waals surface area contributed by atoms with Crippen molar-refractivity contribution >= 4 is 21.1 Å². The molecule has 2 aromatic heterocycles. The Morgan fingerprint density at radius 1 is 1.57 bits per heavy atom. The first kappa shape index (κ1) is 19.0. The lowest BCUT2D eigenvalue weighted by Gasteiger charge is -2.15. The Bertz CT molecular complexity index is 851. The number of amides is 1. The summed E-state index contributed by atoms with van der Waals surface area (Å²) in [5, 5.41) is 15.7. The molecule has 1 saturated heterocycles. The molecule has 0 aliphatic carbocycles. The largest absolute Gasteiger partial charge is 0.390 e. The number of hydrogen-bond acceptors (Lipinski definition) is 8. The van der Waals surface area contributed by atoms with Gasteiger partial charge in [-0.05, 0) is 6.07 Å². The molecule has 1 fully saturated rings. The van der Waals surface area contributed by atoms with Gasteiger partial charge in [-0.3, -0.25) is 9.36 Å². The molecule has 1 aliphatic rings. The molecule has 0 spiro atoms. The van der Waals surface area contributed by atoms with Crippen LogP contribution in [0.15, 0.2) is 29.6 Å². The Morgan fingerprint density at radius 2 is 2.46 bits per heavy atom. The van der Waals surface area contributed by atoms with E-state index in [1.165, 1.54) is 10.9 Å². The van der Waals surface area contributed by atoms with E-state index in [0.29, 0.717) is 18.9 Å². The Balaban J connectivity index is 1.45. The minimum Gasteiger partial charge on any atom is -0.390 e. The Morgan fingerprint density at radius 3 is 3.21 bits per heavy atom.